The van der Waals surface area contributed by atoms with E-state index >= 15 is 0 Å². The van der Waals surface area contributed by atoms with Crippen molar-refractivity contribution in [3.63, 3.8) is 0 Å². The molecule has 0 saturated heterocycles. The van der Waals surface area contributed by atoms with E-state index in [1.165, 1.54) is 6.21 Å². The molecule has 3 N–H and O–H groups in total. The third kappa shape index (κ3) is 5.77. The van der Waals surface area contributed by atoms with Crippen LogP contribution in [0.5, 0.6) is 5.75 Å². The van der Waals surface area contributed by atoms with Crippen LogP contribution >= 0.6 is 0 Å². The number of phenols is 1. The Labute approximate surface area is 209 Å². The van der Waals surface area contributed by atoms with E-state index in [0.29, 0.717) is 11.1 Å². The number of carbonyl (C=O) groups excluding carboxylic acids is 2. The summed E-state index contributed by atoms with van der Waals surface area (Å²) in [6.07, 6.45) is 2.97. The van der Waals surface area contributed by atoms with Crippen molar-refractivity contribution in [1.29, 1.82) is 0 Å². The van der Waals surface area contributed by atoms with E-state index < -0.39 is 11.8 Å². The largest absolute Gasteiger partial charge is 0.507 e. The number of amides is 2. The van der Waals surface area contributed by atoms with Gasteiger partial charge in [0.1, 0.15) is 11.4 Å². The number of carbonyl (C=O) groups is 2. The maximum atomic E-state index is 13.0. The molecule has 0 aromatic heterocycles. The van der Waals surface area contributed by atoms with Crippen molar-refractivity contribution in [3.8, 4) is 5.75 Å². The molecule has 4 rings (SSSR count). The highest BCUT2D eigenvalue weighted by molar-refractivity contribution is 6.06. The van der Waals surface area contributed by atoms with Gasteiger partial charge in [-0.15, -0.1) is 0 Å². The Hall–Kier alpha value is -4.91. The summed E-state index contributed by atoms with van der Waals surface area (Å²) in [5.41, 5.74) is 5.12. The molecule has 7 heteroatoms. The Kier molecular flexibility index (Phi) is 7.41. The van der Waals surface area contributed by atoms with Crippen molar-refractivity contribution < 1.29 is 14.7 Å². The normalized spacial score (nSPS) is 11.4. The lowest BCUT2D eigenvalue weighted by Crippen LogP contribution is -2.32. The quantitative estimate of drug-likeness (QED) is 0.207. The molecule has 0 aliphatic carbocycles. The number of aromatic hydroxyl groups is 1. The zero-order valence-electron chi connectivity index (χ0n) is 20.0. The molecule has 0 saturated carbocycles. The van der Waals surface area contributed by atoms with E-state index in [1.807, 2.05) is 79.7 Å². The van der Waals surface area contributed by atoms with Crippen molar-refractivity contribution in [2.24, 2.45) is 5.10 Å². The number of hydrogen-bond acceptors (Lipinski definition) is 5. The Morgan fingerprint density at radius 2 is 1.56 bits per heavy atom. The summed E-state index contributed by atoms with van der Waals surface area (Å²) in [6.45, 7) is 0. The van der Waals surface area contributed by atoms with Gasteiger partial charge in [0.15, 0.2) is 0 Å². The number of nitrogens with one attached hydrogen (secondary N) is 2. The molecule has 4 aromatic rings. The van der Waals surface area contributed by atoms with Crippen LogP contribution in [0.3, 0.4) is 0 Å². The molecule has 0 bridgehead atoms. The Morgan fingerprint density at radius 3 is 2.28 bits per heavy atom. The van der Waals surface area contributed by atoms with Crippen molar-refractivity contribution in [3.05, 3.63) is 113 Å². The minimum Gasteiger partial charge on any atom is -0.507 e. The average molecular weight is 479 g/mol. The first-order chi connectivity index (χ1) is 17.4. The maximum absolute atomic E-state index is 13.0. The topological polar surface area (TPSA) is 94.0 Å². The van der Waals surface area contributed by atoms with Gasteiger partial charge in [-0.05, 0) is 52.7 Å². The fourth-order valence-electron chi connectivity index (χ4n) is 3.61. The summed E-state index contributed by atoms with van der Waals surface area (Å²) in [6, 6.07) is 27.1. The lowest BCUT2D eigenvalue weighted by Gasteiger charge is -2.13. The van der Waals surface area contributed by atoms with Gasteiger partial charge in [-0.1, -0.05) is 60.7 Å². The van der Waals surface area contributed by atoms with E-state index in [4.69, 9.17) is 0 Å². The number of nitrogens with zero attached hydrogens (tertiary/aromatic N) is 2. The summed E-state index contributed by atoms with van der Waals surface area (Å²) in [5.74, 6) is -0.981. The van der Waals surface area contributed by atoms with Crippen molar-refractivity contribution in [2.75, 3.05) is 19.0 Å². The molecule has 0 unspecified atom stereocenters. The number of benzene rings is 4. The molecule has 0 spiro atoms. The number of phenolic OH excluding ortho intramolecular Hbond substituents is 1. The predicted molar refractivity (Wildman–Crippen MR) is 144 cm³/mol. The molecule has 7 nitrogen and oxygen atoms in total. The van der Waals surface area contributed by atoms with Gasteiger partial charge in [-0.25, -0.2) is 5.43 Å². The van der Waals surface area contributed by atoms with Crippen LogP contribution in [0.25, 0.3) is 16.8 Å². The van der Waals surface area contributed by atoms with Crippen LogP contribution in [0, 0.1) is 0 Å². The van der Waals surface area contributed by atoms with E-state index in [9.17, 15) is 14.7 Å². The van der Waals surface area contributed by atoms with Gasteiger partial charge >= 0.3 is 0 Å². The number of hydrogen-bond donors (Lipinski definition) is 3. The fraction of sp³-hybridized carbons (Fsp3) is 0.0690. The molecule has 0 aliphatic rings. The average Bonchev–Trinajstić information content (AvgIpc) is 2.90. The van der Waals surface area contributed by atoms with Crippen LogP contribution in [0.15, 0.2) is 102 Å². The number of fused-ring (bicyclic) bond motifs is 1. The Morgan fingerprint density at radius 1 is 0.861 bits per heavy atom. The monoisotopic (exact) mass is 478 g/mol. The number of hydrazone groups is 1. The minimum atomic E-state index is -0.605. The SMILES string of the molecule is CN(C)c1ccc(/C=C(/NC(=O)c2ccccc2)C(=O)N/N=C\c2c(O)ccc3ccccc23)cc1. The van der Waals surface area contributed by atoms with E-state index in [-0.39, 0.29) is 11.4 Å². The Balaban J connectivity index is 1.59. The van der Waals surface area contributed by atoms with Gasteiger partial charge < -0.3 is 15.3 Å². The highest BCUT2D eigenvalue weighted by atomic mass is 16.3. The summed E-state index contributed by atoms with van der Waals surface area (Å²) >= 11 is 0. The first kappa shape index (κ1) is 24.2. The van der Waals surface area contributed by atoms with Crippen molar-refractivity contribution >= 4 is 40.6 Å². The van der Waals surface area contributed by atoms with E-state index in [1.54, 1.807) is 36.4 Å². The molecule has 0 fully saturated rings. The molecule has 0 heterocycles. The number of anilines is 1. The number of rotatable bonds is 7. The van der Waals surface area contributed by atoms with Gasteiger partial charge in [-0.2, -0.15) is 5.10 Å². The fourth-order valence-corrected chi connectivity index (χ4v) is 3.61. The second kappa shape index (κ2) is 11.0. The Bertz CT molecular complexity index is 1440. The van der Waals surface area contributed by atoms with Gasteiger partial charge in [0, 0.05) is 30.9 Å². The smallest absolute Gasteiger partial charge is 0.287 e. The summed E-state index contributed by atoms with van der Waals surface area (Å²) in [4.78, 5) is 27.8. The molecular weight excluding hydrogens is 452 g/mol. The lowest BCUT2D eigenvalue weighted by atomic mass is 10.0. The zero-order chi connectivity index (χ0) is 25.5. The highest BCUT2D eigenvalue weighted by Gasteiger charge is 2.14. The standard InChI is InChI=1S/C29H26N4O3/c1-33(2)23-15-12-20(13-16-23)18-26(31-28(35)22-9-4-3-5-10-22)29(36)32-30-19-25-24-11-7-6-8-21(24)14-17-27(25)34/h3-19,34H,1-2H3,(H,31,35)(H,32,36)/b26-18+,30-19-. The molecular formula is C29H26N4O3. The van der Waals surface area contributed by atoms with Gasteiger partial charge in [0.25, 0.3) is 11.8 Å². The summed E-state index contributed by atoms with van der Waals surface area (Å²) in [5, 5.41) is 18.8. The van der Waals surface area contributed by atoms with Crippen LogP contribution in [-0.2, 0) is 4.79 Å². The molecule has 2 amide bonds. The zero-order valence-corrected chi connectivity index (χ0v) is 20.0. The third-order valence-electron chi connectivity index (χ3n) is 5.56. The summed E-state index contributed by atoms with van der Waals surface area (Å²) < 4.78 is 0. The minimum absolute atomic E-state index is 0.0285. The van der Waals surface area contributed by atoms with E-state index in [0.717, 1.165) is 22.0 Å². The highest BCUT2D eigenvalue weighted by Crippen LogP contribution is 2.25. The first-order valence-corrected chi connectivity index (χ1v) is 11.3. The van der Waals surface area contributed by atoms with E-state index in [2.05, 4.69) is 15.8 Å². The first-order valence-electron chi connectivity index (χ1n) is 11.3. The van der Waals surface area contributed by atoms with Crippen LogP contribution in [0.4, 0.5) is 5.69 Å². The second-order valence-electron chi connectivity index (χ2n) is 8.28. The van der Waals surface area contributed by atoms with Crippen LogP contribution in [0.1, 0.15) is 21.5 Å². The molecule has 0 radical (unpaired) electrons. The molecule has 180 valence electrons. The van der Waals surface area contributed by atoms with Gasteiger partial charge in [-0.3, -0.25) is 9.59 Å². The maximum Gasteiger partial charge on any atom is 0.287 e. The molecule has 0 aliphatic heterocycles. The molecule has 0 atom stereocenters. The lowest BCUT2D eigenvalue weighted by molar-refractivity contribution is -0.117. The van der Waals surface area contributed by atoms with Crippen molar-refractivity contribution in [1.82, 2.24) is 10.7 Å². The van der Waals surface area contributed by atoms with Gasteiger partial charge in [0.2, 0.25) is 0 Å². The summed E-state index contributed by atoms with van der Waals surface area (Å²) in [7, 11) is 3.88. The van der Waals surface area contributed by atoms with Crippen molar-refractivity contribution in [2.45, 2.75) is 0 Å². The molecule has 4 aromatic carbocycles. The second-order valence-corrected chi connectivity index (χ2v) is 8.28. The molecule has 36 heavy (non-hydrogen) atoms. The van der Waals surface area contributed by atoms with Crippen LogP contribution < -0.4 is 15.6 Å². The van der Waals surface area contributed by atoms with Crippen LogP contribution in [0.2, 0.25) is 0 Å². The predicted octanol–water partition coefficient (Wildman–Crippen LogP) is 4.53. The van der Waals surface area contributed by atoms with Gasteiger partial charge in [0.05, 0.1) is 6.21 Å². The third-order valence-corrected chi connectivity index (χ3v) is 5.56. The van der Waals surface area contributed by atoms with Crippen LogP contribution in [-0.4, -0.2) is 37.2 Å².